The quantitative estimate of drug-likeness (QED) is 0.567. The fourth-order valence-corrected chi connectivity index (χ4v) is 3.04. The zero-order valence-corrected chi connectivity index (χ0v) is 15.0. The van der Waals surface area contributed by atoms with Crippen molar-refractivity contribution in [2.24, 2.45) is 0 Å². The normalized spacial score (nSPS) is 11.7. The van der Waals surface area contributed by atoms with Crippen molar-refractivity contribution in [2.45, 2.75) is 37.2 Å². The molecule has 1 aromatic heterocycles. The Morgan fingerprint density at radius 1 is 1.00 bits per heavy atom. The van der Waals surface area contributed by atoms with E-state index in [2.05, 4.69) is 31.0 Å². The van der Waals surface area contributed by atoms with E-state index in [4.69, 9.17) is 4.42 Å². The summed E-state index contributed by atoms with van der Waals surface area (Å²) in [4.78, 5) is 0. The van der Waals surface area contributed by atoms with Crippen LogP contribution in [0.4, 0.5) is 8.78 Å². The minimum absolute atomic E-state index is 0.0728. The van der Waals surface area contributed by atoms with Crippen molar-refractivity contribution in [1.82, 2.24) is 10.2 Å². The average molecular weight is 360 g/mol. The van der Waals surface area contributed by atoms with E-state index in [0.29, 0.717) is 11.1 Å². The van der Waals surface area contributed by atoms with Crippen molar-refractivity contribution in [1.29, 1.82) is 0 Å². The fourth-order valence-electron chi connectivity index (χ4n) is 2.30. The zero-order chi connectivity index (χ0) is 18.0. The number of hydrogen-bond donors (Lipinski definition) is 0. The Balaban J connectivity index is 1.71. The van der Waals surface area contributed by atoms with Crippen LogP contribution in [-0.2, 0) is 11.2 Å². The lowest BCUT2D eigenvalue weighted by Gasteiger charge is -2.18. The zero-order valence-electron chi connectivity index (χ0n) is 14.2. The summed E-state index contributed by atoms with van der Waals surface area (Å²) in [6, 6.07) is 12.1. The molecule has 0 aliphatic carbocycles. The van der Waals surface area contributed by atoms with Crippen LogP contribution < -0.4 is 0 Å². The van der Waals surface area contributed by atoms with E-state index in [1.54, 1.807) is 0 Å². The Bertz CT molecular complexity index is 870. The molecule has 0 aliphatic heterocycles. The van der Waals surface area contributed by atoms with Gasteiger partial charge in [-0.15, -0.1) is 10.2 Å². The van der Waals surface area contributed by atoms with Crippen molar-refractivity contribution in [3.8, 4) is 11.5 Å². The molecule has 3 nitrogen and oxygen atoms in total. The van der Waals surface area contributed by atoms with E-state index in [1.165, 1.54) is 29.5 Å². The second-order valence-electron chi connectivity index (χ2n) is 6.70. The van der Waals surface area contributed by atoms with Crippen molar-refractivity contribution < 1.29 is 13.2 Å². The molecule has 25 heavy (non-hydrogen) atoms. The Hall–Kier alpha value is -2.21. The summed E-state index contributed by atoms with van der Waals surface area (Å²) in [6.07, 6.45) is 0. The Morgan fingerprint density at radius 3 is 2.40 bits per heavy atom. The molecule has 3 rings (SSSR count). The van der Waals surface area contributed by atoms with Gasteiger partial charge in [0.05, 0.1) is 0 Å². The van der Waals surface area contributed by atoms with Gasteiger partial charge in [-0.05, 0) is 29.2 Å². The standard InChI is InChI=1S/C19H18F2N2OS/c1-19(2,3)14-9-7-12(8-10-14)17-22-23-18(24-17)25-11-13-5-4-6-15(20)16(13)21/h4-10H,11H2,1-3H3. The highest BCUT2D eigenvalue weighted by atomic mass is 32.2. The van der Waals surface area contributed by atoms with Crippen LogP contribution in [0.1, 0.15) is 31.9 Å². The summed E-state index contributed by atoms with van der Waals surface area (Å²) in [7, 11) is 0. The number of aromatic nitrogens is 2. The third-order valence-corrected chi connectivity index (χ3v) is 4.65. The monoisotopic (exact) mass is 360 g/mol. The summed E-state index contributed by atoms with van der Waals surface area (Å²) in [5, 5.41) is 8.30. The highest BCUT2D eigenvalue weighted by molar-refractivity contribution is 7.98. The van der Waals surface area contributed by atoms with Gasteiger partial charge in [-0.1, -0.05) is 56.8 Å². The summed E-state index contributed by atoms with van der Waals surface area (Å²) < 4.78 is 32.5. The van der Waals surface area contributed by atoms with Crippen LogP contribution in [0.5, 0.6) is 0 Å². The predicted octanol–water partition coefficient (Wildman–Crippen LogP) is 5.60. The molecule has 1 heterocycles. The highest BCUT2D eigenvalue weighted by Gasteiger charge is 2.15. The fraction of sp³-hybridized carbons (Fsp3) is 0.263. The molecule has 130 valence electrons. The van der Waals surface area contributed by atoms with Gasteiger partial charge in [-0.25, -0.2) is 8.78 Å². The smallest absolute Gasteiger partial charge is 0.277 e. The summed E-state index contributed by atoms with van der Waals surface area (Å²) in [5.74, 6) is -1.08. The molecule has 0 N–H and O–H groups in total. The Kier molecular flexibility index (Phi) is 4.90. The first kappa shape index (κ1) is 17.6. The summed E-state index contributed by atoms with van der Waals surface area (Å²) in [5.41, 5.74) is 2.37. The van der Waals surface area contributed by atoms with E-state index in [0.717, 1.165) is 11.6 Å². The lowest BCUT2D eigenvalue weighted by Crippen LogP contribution is -2.10. The van der Waals surface area contributed by atoms with E-state index < -0.39 is 11.6 Å². The van der Waals surface area contributed by atoms with Gasteiger partial charge in [-0.2, -0.15) is 0 Å². The van der Waals surface area contributed by atoms with E-state index >= 15 is 0 Å². The molecule has 2 aromatic carbocycles. The molecule has 0 atom stereocenters. The van der Waals surface area contributed by atoms with Gasteiger partial charge in [0.1, 0.15) is 0 Å². The number of nitrogens with zero attached hydrogens (tertiary/aromatic N) is 2. The first-order valence-electron chi connectivity index (χ1n) is 7.85. The first-order valence-corrected chi connectivity index (χ1v) is 8.83. The van der Waals surface area contributed by atoms with E-state index in [-0.39, 0.29) is 16.7 Å². The van der Waals surface area contributed by atoms with E-state index in [9.17, 15) is 8.78 Å². The second-order valence-corrected chi connectivity index (χ2v) is 7.63. The van der Waals surface area contributed by atoms with Crippen molar-refractivity contribution in [3.63, 3.8) is 0 Å². The number of benzene rings is 2. The number of halogens is 2. The Labute approximate surface area is 149 Å². The molecule has 0 fully saturated rings. The predicted molar refractivity (Wildman–Crippen MR) is 94.4 cm³/mol. The first-order chi connectivity index (χ1) is 11.8. The van der Waals surface area contributed by atoms with Crippen LogP contribution in [0.25, 0.3) is 11.5 Å². The third-order valence-electron chi connectivity index (χ3n) is 3.79. The summed E-state index contributed by atoms with van der Waals surface area (Å²) >= 11 is 1.17. The molecule has 0 saturated heterocycles. The third kappa shape index (κ3) is 4.07. The number of hydrogen-bond acceptors (Lipinski definition) is 4. The van der Waals surface area contributed by atoms with Gasteiger partial charge in [0.2, 0.25) is 5.89 Å². The molecule has 0 aliphatic rings. The lowest BCUT2D eigenvalue weighted by molar-refractivity contribution is 0.465. The molecular weight excluding hydrogens is 342 g/mol. The van der Waals surface area contributed by atoms with Gasteiger partial charge >= 0.3 is 0 Å². The maximum absolute atomic E-state index is 13.7. The van der Waals surface area contributed by atoms with Crippen LogP contribution in [0.15, 0.2) is 52.1 Å². The van der Waals surface area contributed by atoms with Crippen molar-refractivity contribution >= 4 is 11.8 Å². The van der Waals surface area contributed by atoms with Crippen molar-refractivity contribution in [3.05, 3.63) is 65.2 Å². The SMILES string of the molecule is CC(C)(C)c1ccc(-c2nnc(SCc3cccc(F)c3F)o2)cc1. The Morgan fingerprint density at radius 2 is 1.72 bits per heavy atom. The van der Waals surface area contributed by atoms with Crippen LogP contribution >= 0.6 is 11.8 Å². The van der Waals surface area contributed by atoms with E-state index in [1.807, 2.05) is 24.3 Å². The van der Waals surface area contributed by atoms with Gasteiger partial charge in [0.25, 0.3) is 5.22 Å². The second kappa shape index (κ2) is 6.96. The van der Waals surface area contributed by atoms with Gasteiger partial charge < -0.3 is 4.42 Å². The van der Waals surface area contributed by atoms with Crippen LogP contribution in [0.2, 0.25) is 0 Å². The molecule has 3 aromatic rings. The molecule has 0 spiro atoms. The maximum atomic E-state index is 13.7. The van der Waals surface area contributed by atoms with Gasteiger partial charge in [0.15, 0.2) is 11.6 Å². The molecule has 0 amide bonds. The molecule has 0 radical (unpaired) electrons. The topological polar surface area (TPSA) is 38.9 Å². The van der Waals surface area contributed by atoms with Gasteiger partial charge in [-0.3, -0.25) is 0 Å². The van der Waals surface area contributed by atoms with Crippen LogP contribution in [0, 0.1) is 11.6 Å². The molecular formula is C19H18F2N2OS. The van der Waals surface area contributed by atoms with Crippen molar-refractivity contribution in [2.75, 3.05) is 0 Å². The molecule has 0 unspecified atom stereocenters. The number of rotatable bonds is 4. The highest BCUT2D eigenvalue weighted by Crippen LogP contribution is 2.29. The number of thioether (sulfide) groups is 1. The minimum Gasteiger partial charge on any atom is -0.411 e. The maximum Gasteiger partial charge on any atom is 0.277 e. The largest absolute Gasteiger partial charge is 0.411 e. The molecule has 6 heteroatoms. The minimum atomic E-state index is -0.858. The lowest BCUT2D eigenvalue weighted by atomic mass is 9.87. The van der Waals surface area contributed by atoms with Crippen LogP contribution in [0.3, 0.4) is 0 Å². The molecule has 0 bridgehead atoms. The van der Waals surface area contributed by atoms with Gasteiger partial charge in [0, 0.05) is 16.9 Å². The summed E-state index contributed by atoms with van der Waals surface area (Å²) in [6.45, 7) is 6.44. The van der Waals surface area contributed by atoms with Crippen LogP contribution in [-0.4, -0.2) is 10.2 Å². The molecule has 0 saturated carbocycles. The average Bonchev–Trinajstić information content (AvgIpc) is 3.04.